The monoisotopic (exact) mass is 400 g/mol. The molecule has 2 aromatic carbocycles. The molecular weight excluding hydrogens is 383 g/mol. The molecule has 0 aliphatic heterocycles. The van der Waals surface area contributed by atoms with Gasteiger partial charge in [0.25, 0.3) is 11.5 Å². The number of rotatable bonds is 4. The van der Waals surface area contributed by atoms with Crippen molar-refractivity contribution in [2.24, 2.45) is 0 Å². The fourth-order valence-corrected chi connectivity index (χ4v) is 3.13. The Labute approximate surface area is 167 Å². The quantitative estimate of drug-likeness (QED) is 0.664. The van der Waals surface area contributed by atoms with E-state index in [-0.39, 0.29) is 11.1 Å². The summed E-state index contributed by atoms with van der Waals surface area (Å²) in [5.41, 5.74) is 3.26. The van der Waals surface area contributed by atoms with Gasteiger partial charge < -0.3 is 9.88 Å². The van der Waals surface area contributed by atoms with Gasteiger partial charge in [-0.1, -0.05) is 47.0 Å². The number of pyridine rings is 1. The van der Waals surface area contributed by atoms with Gasteiger partial charge in [-0.15, -0.1) is 0 Å². The van der Waals surface area contributed by atoms with E-state index in [9.17, 15) is 9.59 Å². The summed E-state index contributed by atoms with van der Waals surface area (Å²) in [7, 11) is 0. The Morgan fingerprint density at radius 3 is 2.52 bits per heavy atom. The molecule has 3 aromatic rings. The number of hydrogen-bond acceptors (Lipinski definition) is 2. The van der Waals surface area contributed by atoms with Crippen molar-refractivity contribution in [1.82, 2.24) is 4.57 Å². The second kappa shape index (κ2) is 7.99. The number of carbonyl (C=O) groups is 1. The lowest BCUT2D eigenvalue weighted by molar-refractivity contribution is 0.102. The first-order valence-corrected chi connectivity index (χ1v) is 9.13. The van der Waals surface area contributed by atoms with Gasteiger partial charge in [0.2, 0.25) is 0 Å². The van der Waals surface area contributed by atoms with E-state index in [1.54, 1.807) is 30.5 Å². The molecule has 0 atom stereocenters. The molecule has 1 aromatic heterocycles. The van der Waals surface area contributed by atoms with Gasteiger partial charge >= 0.3 is 0 Å². The highest BCUT2D eigenvalue weighted by molar-refractivity contribution is 6.42. The van der Waals surface area contributed by atoms with Crippen LogP contribution in [0.15, 0.2) is 59.5 Å². The SMILES string of the molecule is Cc1ccc(NC(=O)c2cccn(Cc3ccc(Cl)c(Cl)c3)c2=O)c(C)c1. The molecule has 1 amide bonds. The smallest absolute Gasteiger partial charge is 0.263 e. The van der Waals surface area contributed by atoms with Crippen LogP contribution in [0.5, 0.6) is 0 Å². The van der Waals surface area contributed by atoms with Crippen LogP contribution >= 0.6 is 23.2 Å². The first kappa shape index (κ1) is 19.2. The summed E-state index contributed by atoms with van der Waals surface area (Å²) in [6, 6.07) is 14.1. The van der Waals surface area contributed by atoms with Crippen LogP contribution in [0.4, 0.5) is 5.69 Å². The third-order valence-electron chi connectivity index (χ3n) is 4.23. The highest BCUT2D eigenvalue weighted by atomic mass is 35.5. The van der Waals surface area contributed by atoms with Gasteiger partial charge in [0, 0.05) is 11.9 Å². The Hall–Kier alpha value is -2.56. The molecule has 0 fully saturated rings. The number of carbonyl (C=O) groups excluding carboxylic acids is 1. The van der Waals surface area contributed by atoms with Crippen molar-refractivity contribution in [3.05, 3.63) is 97.4 Å². The Morgan fingerprint density at radius 1 is 1.04 bits per heavy atom. The third kappa shape index (κ3) is 4.41. The minimum Gasteiger partial charge on any atom is -0.322 e. The number of benzene rings is 2. The normalized spacial score (nSPS) is 10.7. The Morgan fingerprint density at radius 2 is 1.81 bits per heavy atom. The zero-order chi connectivity index (χ0) is 19.6. The zero-order valence-electron chi connectivity index (χ0n) is 14.9. The summed E-state index contributed by atoms with van der Waals surface area (Å²) in [4.78, 5) is 25.4. The number of hydrogen-bond donors (Lipinski definition) is 1. The van der Waals surface area contributed by atoms with Gasteiger partial charge in [-0.3, -0.25) is 9.59 Å². The lowest BCUT2D eigenvalue weighted by Crippen LogP contribution is -2.29. The summed E-state index contributed by atoms with van der Waals surface area (Å²) < 4.78 is 1.47. The van der Waals surface area contributed by atoms with Crippen molar-refractivity contribution in [3.8, 4) is 0 Å². The van der Waals surface area contributed by atoms with Crippen molar-refractivity contribution in [2.75, 3.05) is 5.32 Å². The van der Waals surface area contributed by atoms with E-state index in [4.69, 9.17) is 23.2 Å². The maximum Gasteiger partial charge on any atom is 0.263 e. The fourth-order valence-electron chi connectivity index (χ4n) is 2.81. The molecule has 1 heterocycles. The number of amides is 1. The molecule has 0 spiro atoms. The van der Waals surface area contributed by atoms with E-state index < -0.39 is 5.91 Å². The number of nitrogens with one attached hydrogen (secondary N) is 1. The molecule has 138 valence electrons. The second-order valence-corrected chi connectivity index (χ2v) is 7.19. The molecule has 0 saturated carbocycles. The van der Waals surface area contributed by atoms with Gasteiger partial charge in [0.1, 0.15) is 5.56 Å². The first-order valence-electron chi connectivity index (χ1n) is 8.37. The average Bonchev–Trinajstić information content (AvgIpc) is 2.62. The molecule has 0 aliphatic rings. The summed E-state index contributed by atoms with van der Waals surface area (Å²) >= 11 is 12.0. The van der Waals surface area contributed by atoms with Gasteiger partial charge in [-0.2, -0.15) is 0 Å². The number of halogens is 2. The second-order valence-electron chi connectivity index (χ2n) is 6.38. The van der Waals surface area contributed by atoms with E-state index in [0.29, 0.717) is 22.3 Å². The molecule has 0 aliphatic carbocycles. The van der Waals surface area contributed by atoms with E-state index in [1.165, 1.54) is 10.6 Å². The molecule has 6 heteroatoms. The Kier molecular flexibility index (Phi) is 5.68. The minimum atomic E-state index is -0.435. The number of anilines is 1. The fraction of sp³-hybridized carbons (Fsp3) is 0.143. The zero-order valence-corrected chi connectivity index (χ0v) is 16.4. The first-order chi connectivity index (χ1) is 12.8. The summed E-state index contributed by atoms with van der Waals surface area (Å²) in [6.45, 7) is 4.19. The van der Waals surface area contributed by atoms with E-state index in [0.717, 1.165) is 16.7 Å². The van der Waals surface area contributed by atoms with Gasteiger partial charge in [-0.25, -0.2) is 0 Å². The Balaban J connectivity index is 1.86. The molecule has 0 radical (unpaired) electrons. The maximum absolute atomic E-state index is 12.7. The van der Waals surface area contributed by atoms with Gasteiger partial charge in [0.05, 0.1) is 16.6 Å². The maximum atomic E-state index is 12.7. The van der Waals surface area contributed by atoms with Crippen molar-refractivity contribution in [2.45, 2.75) is 20.4 Å². The van der Waals surface area contributed by atoms with E-state index in [1.807, 2.05) is 32.0 Å². The minimum absolute atomic E-state index is 0.0811. The summed E-state index contributed by atoms with van der Waals surface area (Å²) in [6.07, 6.45) is 1.64. The molecule has 0 bridgehead atoms. The van der Waals surface area contributed by atoms with Crippen LogP contribution in [0, 0.1) is 13.8 Å². The number of aromatic nitrogens is 1. The predicted molar refractivity (Wildman–Crippen MR) is 110 cm³/mol. The molecule has 4 nitrogen and oxygen atoms in total. The van der Waals surface area contributed by atoms with Crippen LogP contribution in [0.2, 0.25) is 10.0 Å². The van der Waals surface area contributed by atoms with Crippen molar-refractivity contribution in [3.63, 3.8) is 0 Å². The molecule has 0 saturated heterocycles. The lowest BCUT2D eigenvalue weighted by atomic mass is 10.1. The van der Waals surface area contributed by atoms with Crippen LogP contribution in [0.25, 0.3) is 0 Å². The third-order valence-corrected chi connectivity index (χ3v) is 4.97. The van der Waals surface area contributed by atoms with Crippen LogP contribution < -0.4 is 10.9 Å². The molecule has 1 N–H and O–H groups in total. The van der Waals surface area contributed by atoms with E-state index in [2.05, 4.69) is 5.32 Å². The van der Waals surface area contributed by atoms with Crippen LogP contribution in [-0.2, 0) is 6.54 Å². The average molecular weight is 401 g/mol. The van der Waals surface area contributed by atoms with Crippen LogP contribution in [-0.4, -0.2) is 10.5 Å². The molecule has 0 unspecified atom stereocenters. The van der Waals surface area contributed by atoms with Crippen molar-refractivity contribution >= 4 is 34.8 Å². The highest BCUT2D eigenvalue weighted by Crippen LogP contribution is 2.23. The van der Waals surface area contributed by atoms with E-state index >= 15 is 0 Å². The highest BCUT2D eigenvalue weighted by Gasteiger charge is 2.14. The largest absolute Gasteiger partial charge is 0.322 e. The van der Waals surface area contributed by atoms with Crippen LogP contribution in [0.1, 0.15) is 27.0 Å². The summed E-state index contributed by atoms with van der Waals surface area (Å²) in [5, 5.41) is 3.69. The van der Waals surface area contributed by atoms with Gasteiger partial charge in [-0.05, 0) is 55.3 Å². The predicted octanol–water partition coefficient (Wildman–Crippen LogP) is 5.07. The molecule has 27 heavy (non-hydrogen) atoms. The van der Waals surface area contributed by atoms with Crippen molar-refractivity contribution in [1.29, 1.82) is 0 Å². The molecular formula is C21H18Cl2N2O2. The Bertz CT molecular complexity index is 1070. The standard InChI is InChI=1S/C21H18Cl2N2O2/c1-13-5-8-19(14(2)10-13)24-20(26)16-4-3-9-25(21(16)27)12-15-6-7-17(22)18(23)11-15/h3-11H,12H2,1-2H3,(H,24,26). The van der Waals surface area contributed by atoms with Gasteiger partial charge in [0.15, 0.2) is 0 Å². The number of aryl methyl sites for hydroxylation is 2. The molecule has 3 rings (SSSR count). The van der Waals surface area contributed by atoms with Crippen LogP contribution in [0.3, 0.4) is 0 Å². The lowest BCUT2D eigenvalue weighted by Gasteiger charge is -2.11. The number of nitrogens with zero attached hydrogens (tertiary/aromatic N) is 1. The van der Waals surface area contributed by atoms with Crippen molar-refractivity contribution < 1.29 is 4.79 Å². The topological polar surface area (TPSA) is 51.1 Å². The summed E-state index contributed by atoms with van der Waals surface area (Å²) in [5.74, 6) is -0.435.